The summed E-state index contributed by atoms with van der Waals surface area (Å²) in [6, 6.07) is 1.30. The molecule has 0 saturated heterocycles. The molecule has 1 amide bonds. The zero-order chi connectivity index (χ0) is 18.0. The Morgan fingerprint density at radius 3 is 2.04 bits per heavy atom. The fourth-order valence-electron chi connectivity index (χ4n) is 1.52. The van der Waals surface area contributed by atoms with E-state index in [0.29, 0.717) is 0 Å². The van der Waals surface area contributed by atoms with Crippen LogP contribution in [0, 0.1) is 0 Å². The summed E-state index contributed by atoms with van der Waals surface area (Å²) in [4.78, 5) is 28.0. The highest BCUT2D eigenvalue weighted by Crippen LogP contribution is 2.29. The van der Waals surface area contributed by atoms with Crippen LogP contribution < -0.4 is 5.32 Å². The second-order valence-corrected chi connectivity index (χ2v) is 7.53. The Labute approximate surface area is 145 Å². The van der Waals surface area contributed by atoms with Crippen molar-refractivity contribution in [2.45, 2.75) is 52.7 Å². The lowest BCUT2D eigenvalue weighted by Crippen LogP contribution is -2.29. The Bertz CT molecular complexity index is 619. The normalized spacial score (nSPS) is 11.8. The molecule has 1 aromatic rings. The zero-order valence-electron chi connectivity index (χ0n) is 13.9. The predicted octanol–water partition coefficient (Wildman–Crippen LogP) is 4.69. The van der Waals surface area contributed by atoms with Crippen LogP contribution in [-0.4, -0.2) is 28.2 Å². The molecule has 0 unspecified atom stereocenters. The minimum Gasteiger partial charge on any atom is -0.456 e. The van der Waals surface area contributed by atoms with Crippen LogP contribution in [0.25, 0.3) is 0 Å². The van der Waals surface area contributed by atoms with E-state index < -0.39 is 23.3 Å². The summed E-state index contributed by atoms with van der Waals surface area (Å²) >= 11 is 11.8. The van der Waals surface area contributed by atoms with Gasteiger partial charge < -0.3 is 9.47 Å². The van der Waals surface area contributed by atoms with Gasteiger partial charge in [-0.2, -0.15) is 0 Å². The van der Waals surface area contributed by atoms with E-state index in [9.17, 15) is 9.59 Å². The van der Waals surface area contributed by atoms with Crippen LogP contribution >= 0.6 is 23.2 Å². The highest BCUT2D eigenvalue weighted by molar-refractivity contribution is 6.35. The number of nitrogens with one attached hydrogen (secondary N) is 1. The fraction of sp³-hybridized carbons (Fsp3) is 0.533. The second-order valence-electron chi connectivity index (χ2n) is 6.79. The van der Waals surface area contributed by atoms with Gasteiger partial charge in [-0.25, -0.2) is 14.6 Å². The molecule has 1 heterocycles. The average Bonchev–Trinajstić information content (AvgIpc) is 2.21. The Hall–Kier alpha value is -1.53. The van der Waals surface area contributed by atoms with Gasteiger partial charge in [-0.1, -0.05) is 23.2 Å². The van der Waals surface area contributed by atoms with E-state index in [4.69, 9.17) is 32.7 Å². The molecule has 0 bridgehead atoms. The monoisotopic (exact) mass is 362 g/mol. The molecule has 0 aromatic carbocycles. The van der Waals surface area contributed by atoms with Crippen molar-refractivity contribution in [1.82, 2.24) is 4.98 Å². The van der Waals surface area contributed by atoms with Crippen LogP contribution in [0.2, 0.25) is 10.3 Å². The molecule has 128 valence electrons. The Kier molecular flexibility index (Phi) is 5.88. The molecule has 0 aliphatic carbocycles. The Morgan fingerprint density at radius 1 is 1.04 bits per heavy atom. The first-order valence-electron chi connectivity index (χ1n) is 6.88. The van der Waals surface area contributed by atoms with Crippen molar-refractivity contribution in [1.29, 1.82) is 0 Å². The van der Waals surface area contributed by atoms with Crippen molar-refractivity contribution >= 4 is 41.0 Å². The van der Waals surface area contributed by atoms with Crippen molar-refractivity contribution in [3.8, 4) is 0 Å². The van der Waals surface area contributed by atoms with Gasteiger partial charge in [0.25, 0.3) is 0 Å². The van der Waals surface area contributed by atoms with Crippen molar-refractivity contribution in [2.75, 3.05) is 5.32 Å². The molecule has 8 heteroatoms. The maximum Gasteiger partial charge on any atom is 0.412 e. The van der Waals surface area contributed by atoms with Crippen molar-refractivity contribution < 1.29 is 19.1 Å². The summed E-state index contributed by atoms with van der Waals surface area (Å²) in [6.07, 6.45) is -0.749. The van der Waals surface area contributed by atoms with Gasteiger partial charge in [0.2, 0.25) is 0 Å². The number of amides is 1. The quantitative estimate of drug-likeness (QED) is 0.609. The number of pyridine rings is 1. The molecule has 1 N–H and O–H groups in total. The number of carbonyl (C=O) groups excluding carboxylic acids is 2. The molecule has 23 heavy (non-hydrogen) atoms. The van der Waals surface area contributed by atoms with Crippen LogP contribution in [-0.2, 0) is 9.47 Å². The number of esters is 1. The molecular weight excluding hydrogens is 343 g/mol. The molecule has 1 rings (SSSR count). The summed E-state index contributed by atoms with van der Waals surface area (Å²) in [5, 5.41) is 2.30. The maximum atomic E-state index is 12.3. The third-order valence-electron chi connectivity index (χ3n) is 2.18. The molecule has 1 aromatic heterocycles. The summed E-state index contributed by atoms with van der Waals surface area (Å²) in [5.41, 5.74) is -1.45. The van der Waals surface area contributed by atoms with Gasteiger partial charge in [-0.3, -0.25) is 5.32 Å². The Balaban J connectivity index is 3.16. The molecular formula is C15H20Cl2N2O4. The number of rotatable bonds is 2. The lowest BCUT2D eigenvalue weighted by Gasteiger charge is -2.22. The number of ether oxygens (including phenoxy) is 2. The molecule has 0 saturated carbocycles. The van der Waals surface area contributed by atoms with Crippen molar-refractivity contribution in [2.24, 2.45) is 0 Å². The summed E-state index contributed by atoms with van der Waals surface area (Å²) in [6.45, 7) is 10.3. The van der Waals surface area contributed by atoms with E-state index in [1.165, 1.54) is 6.07 Å². The van der Waals surface area contributed by atoms with Gasteiger partial charge >= 0.3 is 12.1 Å². The second kappa shape index (κ2) is 6.93. The van der Waals surface area contributed by atoms with Crippen LogP contribution in [0.1, 0.15) is 51.9 Å². The molecule has 0 aliphatic heterocycles. The average molecular weight is 363 g/mol. The molecule has 0 spiro atoms. The number of carbonyl (C=O) groups is 2. The zero-order valence-corrected chi connectivity index (χ0v) is 15.4. The van der Waals surface area contributed by atoms with E-state index in [1.54, 1.807) is 41.5 Å². The molecule has 6 nitrogen and oxygen atoms in total. The molecule has 0 radical (unpaired) electrons. The smallest absolute Gasteiger partial charge is 0.412 e. The number of aromatic nitrogens is 1. The van der Waals surface area contributed by atoms with Crippen LogP contribution in [0.3, 0.4) is 0 Å². The van der Waals surface area contributed by atoms with Gasteiger partial charge in [0, 0.05) is 6.07 Å². The van der Waals surface area contributed by atoms with Crippen LogP contribution in [0.5, 0.6) is 0 Å². The number of nitrogens with zero attached hydrogens (tertiary/aromatic N) is 1. The highest BCUT2D eigenvalue weighted by atomic mass is 35.5. The first-order valence-corrected chi connectivity index (χ1v) is 7.63. The predicted molar refractivity (Wildman–Crippen MR) is 89.3 cm³/mol. The summed E-state index contributed by atoms with van der Waals surface area (Å²) in [7, 11) is 0. The van der Waals surface area contributed by atoms with Gasteiger partial charge in [-0.05, 0) is 41.5 Å². The van der Waals surface area contributed by atoms with Crippen LogP contribution in [0.15, 0.2) is 6.07 Å². The minimum atomic E-state index is -0.749. The minimum absolute atomic E-state index is 0.0216. The van der Waals surface area contributed by atoms with Crippen LogP contribution in [0.4, 0.5) is 10.5 Å². The van der Waals surface area contributed by atoms with E-state index in [-0.39, 0.29) is 21.6 Å². The first-order chi connectivity index (χ1) is 10.3. The SMILES string of the molecule is CC(C)(C)OC(=O)Nc1cc(Cl)nc(Cl)c1C(=O)OC(C)(C)C. The van der Waals surface area contributed by atoms with E-state index in [2.05, 4.69) is 10.3 Å². The van der Waals surface area contributed by atoms with Gasteiger partial charge in [-0.15, -0.1) is 0 Å². The van der Waals surface area contributed by atoms with E-state index >= 15 is 0 Å². The lowest BCUT2D eigenvalue weighted by molar-refractivity contribution is 0.00706. The third-order valence-corrected chi connectivity index (χ3v) is 2.65. The fourth-order valence-corrected chi connectivity index (χ4v) is 2.03. The number of anilines is 1. The largest absolute Gasteiger partial charge is 0.456 e. The molecule has 0 fully saturated rings. The highest BCUT2D eigenvalue weighted by Gasteiger charge is 2.26. The van der Waals surface area contributed by atoms with Gasteiger partial charge in [0.15, 0.2) is 0 Å². The maximum absolute atomic E-state index is 12.3. The van der Waals surface area contributed by atoms with Crippen molar-refractivity contribution in [3.63, 3.8) is 0 Å². The number of hydrogen-bond acceptors (Lipinski definition) is 5. The van der Waals surface area contributed by atoms with E-state index in [1.807, 2.05) is 0 Å². The number of hydrogen-bond donors (Lipinski definition) is 1. The number of halogens is 2. The molecule has 0 aliphatic rings. The lowest BCUT2D eigenvalue weighted by atomic mass is 10.1. The third kappa shape index (κ3) is 6.62. The van der Waals surface area contributed by atoms with Gasteiger partial charge in [0.1, 0.15) is 27.1 Å². The van der Waals surface area contributed by atoms with Gasteiger partial charge in [0.05, 0.1) is 5.69 Å². The summed E-state index contributed by atoms with van der Waals surface area (Å²) in [5.74, 6) is -0.724. The standard InChI is InChI=1S/C15H20Cl2N2O4/c1-14(2,3)22-12(20)10-8(7-9(16)19-11(10)17)18-13(21)23-15(4,5)6/h7H,1-6H3,(H,18,19,21). The first kappa shape index (κ1) is 19.5. The molecule has 0 atom stereocenters. The summed E-state index contributed by atoms with van der Waals surface area (Å²) < 4.78 is 10.4. The topological polar surface area (TPSA) is 77.5 Å². The Morgan fingerprint density at radius 2 is 1.57 bits per heavy atom. The van der Waals surface area contributed by atoms with Crippen molar-refractivity contribution in [3.05, 3.63) is 21.9 Å². The van der Waals surface area contributed by atoms with E-state index in [0.717, 1.165) is 0 Å².